The smallest absolute Gasteiger partial charge is 0.131 e. The van der Waals surface area contributed by atoms with Gasteiger partial charge in [0.1, 0.15) is 6.29 Å². The minimum Gasteiger partial charge on any atom is -0.377 e. The molecule has 3 heteroatoms. The van der Waals surface area contributed by atoms with Crippen LogP contribution in [0.1, 0.15) is 32.3 Å². The Balaban J connectivity index is 2.04. The summed E-state index contributed by atoms with van der Waals surface area (Å²) in [5.41, 5.74) is 0.656. The van der Waals surface area contributed by atoms with E-state index >= 15 is 0 Å². The molecule has 2 rings (SSSR count). The lowest BCUT2D eigenvalue weighted by atomic mass is 9.83. The van der Waals surface area contributed by atoms with Gasteiger partial charge in [-0.25, -0.2) is 0 Å². The number of carbonyl (C=O) groups is 1. The molecule has 2 unspecified atom stereocenters. The lowest BCUT2D eigenvalue weighted by molar-refractivity contribution is -0.113. The number of likely N-dealkylation sites (tertiary alicyclic amines) is 1. The SMILES string of the molecule is CCOC1CCCN(CC(C)(C=O)c2ccccc2)C1. The van der Waals surface area contributed by atoms with Crippen LogP contribution in [0.15, 0.2) is 30.3 Å². The Labute approximate surface area is 121 Å². The predicted molar refractivity (Wildman–Crippen MR) is 80.9 cm³/mol. The fourth-order valence-electron chi connectivity index (χ4n) is 3.01. The van der Waals surface area contributed by atoms with Crippen molar-refractivity contribution in [3.8, 4) is 0 Å². The van der Waals surface area contributed by atoms with E-state index in [-0.39, 0.29) is 0 Å². The average Bonchev–Trinajstić information content (AvgIpc) is 2.49. The third kappa shape index (κ3) is 3.68. The van der Waals surface area contributed by atoms with E-state index in [9.17, 15) is 4.79 Å². The number of benzene rings is 1. The standard InChI is InChI=1S/C17H25NO2/c1-3-20-16-10-7-11-18(12-16)13-17(2,14-19)15-8-5-4-6-9-15/h4-6,8-9,14,16H,3,7,10-13H2,1-2H3. The first-order chi connectivity index (χ1) is 9.68. The van der Waals surface area contributed by atoms with Gasteiger partial charge in [0.25, 0.3) is 0 Å². The van der Waals surface area contributed by atoms with Crippen molar-refractivity contribution in [3.05, 3.63) is 35.9 Å². The fourth-order valence-corrected chi connectivity index (χ4v) is 3.01. The summed E-state index contributed by atoms with van der Waals surface area (Å²) in [6.07, 6.45) is 3.69. The van der Waals surface area contributed by atoms with Gasteiger partial charge in [-0.15, -0.1) is 0 Å². The molecule has 110 valence electrons. The minimum atomic E-state index is -0.435. The number of rotatable bonds is 6. The van der Waals surface area contributed by atoms with Crippen LogP contribution >= 0.6 is 0 Å². The normalized spacial score (nSPS) is 23.2. The Hall–Kier alpha value is -1.19. The van der Waals surface area contributed by atoms with E-state index in [0.29, 0.717) is 6.10 Å². The van der Waals surface area contributed by atoms with Crippen LogP contribution in [0, 0.1) is 0 Å². The summed E-state index contributed by atoms with van der Waals surface area (Å²) in [7, 11) is 0. The van der Waals surface area contributed by atoms with Crippen LogP contribution in [0.2, 0.25) is 0 Å². The monoisotopic (exact) mass is 275 g/mol. The third-order valence-electron chi connectivity index (χ3n) is 4.11. The quantitative estimate of drug-likeness (QED) is 0.748. The van der Waals surface area contributed by atoms with Crippen LogP contribution in [0.3, 0.4) is 0 Å². The van der Waals surface area contributed by atoms with Gasteiger partial charge in [0.2, 0.25) is 0 Å². The highest BCUT2D eigenvalue weighted by molar-refractivity contribution is 5.68. The average molecular weight is 275 g/mol. The molecule has 20 heavy (non-hydrogen) atoms. The summed E-state index contributed by atoms with van der Waals surface area (Å²) >= 11 is 0. The zero-order chi connectivity index (χ0) is 14.4. The largest absolute Gasteiger partial charge is 0.377 e. The summed E-state index contributed by atoms with van der Waals surface area (Å²) in [5, 5.41) is 0. The van der Waals surface area contributed by atoms with Crippen LogP contribution in [0.25, 0.3) is 0 Å². The summed E-state index contributed by atoms with van der Waals surface area (Å²) in [6.45, 7) is 7.59. The predicted octanol–water partition coefficient (Wildman–Crippen LogP) is 2.64. The number of nitrogens with zero attached hydrogens (tertiary/aromatic N) is 1. The zero-order valence-corrected chi connectivity index (χ0v) is 12.5. The Morgan fingerprint density at radius 2 is 2.15 bits per heavy atom. The molecular formula is C17H25NO2. The molecule has 1 aromatic carbocycles. The lowest BCUT2D eigenvalue weighted by Crippen LogP contribution is -2.46. The molecule has 1 fully saturated rings. The van der Waals surface area contributed by atoms with Crippen LogP contribution in [0.4, 0.5) is 0 Å². The molecule has 1 aliphatic heterocycles. The molecule has 1 heterocycles. The van der Waals surface area contributed by atoms with Crippen LogP contribution < -0.4 is 0 Å². The number of piperidine rings is 1. The van der Waals surface area contributed by atoms with Crippen LogP contribution in [0.5, 0.6) is 0 Å². The number of hydrogen-bond donors (Lipinski definition) is 0. The molecule has 0 spiro atoms. The summed E-state index contributed by atoms with van der Waals surface area (Å²) in [6, 6.07) is 10.1. The zero-order valence-electron chi connectivity index (χ0n) is 12.5. The Bertz CT molecular complexity index is 418. The van der Waals surface area contributed by atoms with Gasteiger partial charge in [0, 0.05) is 19.7 Å². The topological polar surface area (TPSA) is 29.5 Å². The molecule has 0 N–H and O–H groups in total. The van der Waals surface area contributed by atoms with Crippen LogP contribution in [-0.2, 0) is 14.9 Å². The van der Waals surface area contributed by atoms with E-state index in [2.05, 4.69) is 4.90 Å². The molecule has 0 bridgehead atoms. The second-order valence-electron chi connectivity index (χ2n) is 5.86. The van der Waals surface area contributed by atoms with Gasteiger partial charge in [-0.05, 0) is 38.8 Å². The first kappa shape index (κ1) is 15.2. The van der Waals surface area contributed by atoms with Gasteiger partial charge in [0.05, 0.1) is 11.5 Å². The Morgan fingerprint density at radius 1 is 1.40 bits per heavy atom. The number of aldehydes is 1. The van der Waals surface area contributed by atoms with Crippen molar-refractivity contribution in [1.29, 1.82) is 0 Å². The maximum absolute atomic E-state index is 11.7. The van der Waals surface area contributed by atoms with E-state index in [0.717, 1.165) is 50.9 Å². The molecule has 2 atom stereocenters. The van der Waals surface area contributed by atoms with E-state index in [1.807, 2.05) is 44.2 Å². The first-order valence-corrected chi connectivity index (χ1v) is 7.54. The van der Waals surface area contributed by atoms with Crippen molar-refractivity contribution >= 4 is 6.29 Å². The van der Waals surface area contributed by atoms with Gasteiger partial charge < -0.3 is 9.53 Å². The lowest BCUT2D eigenvalue weighted by Gasteiger charge is -2.37. The van der Waals surface area contributed by atoms with Crippen molar-refractivity contribution < 1.29 is 9.53 Å². The molecule has 3 nitrogen and oxygen atoms in total. The molecule has 1 saturated heterocycles. The first-order valence-electron chi connectivity index (χ1n) is 7.54. The highest BCUT2D eigenvalue weighted by Crippen LogP contribution is 2.24. The summed E-state index contributed by atoms with van der Waals surface area (Å²) < 4.78 is 5.74. The van der Waals surface area contributed by atoms with E-state index in [1.54, 1.807) is 0 Å². The van der Waals surface area contributed by atoms with Gasteiger partial charge in [-0.2, -0.15) is 0 Å². The van der Waals surface area contributed by atoms with Gasteiger partial charge in [-0.3, -0.25) is 4.90 Å². The molecule has 0 amide bonds. The Morgan fingerprint density at radius 3 is 2.80 bits per heavy atom. The van der Waals surface area contributed by atoms with Gasteiger partial charge in [0.15, 0.2) is 0 Å². The third-order valence-corrected chi connectivity index (χ3v) is 4.11. The number of carbonyl (C=O) groups excluding carboxylic acids is 1. The molecule has 0 radical (unpaired) electrons. The summed E-state index contributed by atoms with van der Waals surface area (Å²) in [4.78, 5) is 14.0. The molecule has 0 aliphatic carbocycles. The highest BCUT2D eigenvalue weighted by atomic mass is 16.5. The number of ether oxygens (including phenoxy) is 1. The maximum Gasteiger partial charge on any atom is 0.131 e. The minimum absolute atomic E-state index is 0.320. The second-order valence-corrected chi connectivity index (χ2v) is 5.86. The fraction of sp³-hybridized carbons (Fsp3) is 0.588. The van der Waals surface area contributed by atoms with Crippen molar-refractivity contribution in [2.24, 2.45) is 0 Å². The van der Waals surface area contributed by atoms with Crippen molar-refractivity contribution in [2.45, 2.75) is 38.2 Å². The van der Waals surface area contributed by atoms with Crippen LogP contribution in [-0.4, -0.2) is 43.5 Å². The van der Waals surface area contributed by atoms with Crippen molar-refractivity contribution in [1.82, 2.24) is 4.90 Å². The molecule has 1 aromatic rings. The van der Waals surface area contributed by atoms with Gasteiger partial charge >= 0.3 is 0 Å². The Kier molecular flexibility index (Phi) is 5.32. The summed E-state index contributed by atoms with van der Waals surface area (Å²) in [5.74, 6) is 0. The van der Waals surface area contributed by atoms with Gasteiger partial charge in [-0.1, -0.05) is 30.3 Å². The maximum atomic E-state index is 11.7. The molecule has 0 aromatic heterocycles. The number of hydrogen-bond acceptors (Lipinski definition) is 3. The van der Waals surface area contributed by atoms with E-state index in [4.69, 9.17) is 4.74 Å². The van der Waals surface area contributed by atoms with E-state index in [1.165, 1.54) is 0 Å². The van der Waals surface area contributed by atoms with Crippen molar-refractivity contribution in [2.75, 3.05) is 26.2 Å². The van der Waals surface area contributed by atoms with E-state index < -0.39 is 5.41 Å². The van der Waals surface area contributed by atoms with Crippen molar-refractivity contribution in [3.63, 3.8) is 0 Å². The molecule has 0 saturated carbocycles. The molecular weight excluding hydrogens is 250 g/mol. The molecule has 1 aliphatic rings. The highest BCUT2D eigenvalue weighted by Gasteiger charge is 2.31. The second kappa shape index (κ2) is 7.00.